The van der Waals surface area contributed by atoms with Crippen LogP contribution in [0.2, 0.25) is 0 Å². The third-order valence-electron chi connectivity index (χ3n) is 2.66. The van der Waals surface area contributed by atoms with E-state index in [4.69, 9.17) is 5.73 Å². The van der Waals surface area contributed by atoms with Gasteiger partial charge in [0.1, 0.15) is 5.82 Å². The summed E-state index contributed by atoms with van der Waals surface area (Å²) in [5.74, 6) is 0.934. The molecule has 0 amide bonds. The van der Waals surface area contributed by atoms with Gasteiger partial charge in [0.2, 0.25) is 0 Å². The second-order valence-corrected chi connectivity index (χ2v) is 3.90. The maximum atomic E-state index is 6.08. The number of imidazole rings is 1. The third kappa shape index (κ3) is 2.46. The summed E-state index contributed by atoms with van der Waals surface area (Å²) in [7, 11) is 1.96. The average molecular weight is 216 g/mol. The molecule has 0 fully saturated rings. The van der Waals surface area contributed by atoms with E-state index >= 15 is 0 Å². The second-order valence-electron chi connectivity index (χ2n) is 3.90. The summed E-state index contributed by atoms with van der Waals surface area (Å²) in [4.78, 5) is 8.33. The quantitative estimate of drug-likeness (QED) is 0.841. The lowest BCUT2D eigenvalue weighted by Crippen LogP contribution is -2.16. The molecule has 1 unspecified atom stereocenters. The van der Waals surface area contributed by atoms with Crippen LogP contribution in [0.5, 0.6) is 0 Å². The van der Waals surface area contributed by atoms with Crippen LogP contribution in [-0.4, -0.2) is 14.5 Å². The number of aromatic nitrogens is 3. The van der Waals surface area contributed by atoms with Crippen molar-refractivity contribution in [2.24, 2.45) is 12.8 Å². The highest BCUT2D eigenvalue weighted by molar-refractivity contribution is 5.09. The van der Waals surface area contributed by atoms with E-state index in [-0.39, 0.29) is 6.04 Å². The van der Waals surface area contributed by atoms with Gasteiger partial charge in [0.15, 0.2) is 0 Å². The van der Waals surface area contributed by atoms with Crippen LogP contribution in [-0.2, 0) is 13.5 Å². The van der Waals surface area contributed by atoms with E-state index in [0.29, 0.717) is 0 Å². The normalized spacial score (nSPS) is 12.6. The molecule has 0 bridgehead atoms. The molecule has 16 heavy (non-hydrogen) atoms. The number of rotatable bonds is 4. The highest BCUT2D eigenvalue weighted by atomic mass is 15.1. The molecule has 0 spiro atoms. The minimum atomic E-state index is -0.0137. The topological polar surface area (TPSA) is 56.7 Å². The lowest BCUT2D eigenvalue weighted by atomic mass is 10.1. The minimum Gasteiger partial charge on any atom is -0.337 e. The molecule has 0 saturated carbocycles. The molecule has 1 atom stereocenters. The smallest absolute Gasteiger partial charge is 0.125 e. The molecule has 4 heteroatoms. The predicted molar refractivity (Wildman–Crippen MR) is 62.7 cm³/mol. The second kappa shape index (κ2) is 4.90. The van der Waals surface area contributed by atoms with Crippen LogP contribution in [0.1, 0.15) is 23.9 Å². The van der Waals surface area contributed by atoms with Gasteiger partial charge in [-0.2, -0.15) is 0 Å². The standard InChI is InChI=1S/C12H16N4/c1-16-8-7-15-12(16)11(13)5-4-10-3-2-6-14-9-10/h2-3,6-9,11H,4-5,13H2,1H3. The molecule has 2 aromatic rings. The largest absolute Gasteiger partial charge is 0.337 e. The molecule has 0 saturated heterocycles. The van der Waals surface area contributed by atoms with E-state index in [9.17, 15) is 0 Å². The fourth-order valence-corrected chi connectivity index (χ4v) is 1.73. The van der Waals surface area contributed by atoms with Crippen molar-refractivity contribution >= 4 is 0 Å². The Hall–Kier alpha value is -1.68. The van der Waals surface area contributed by atoms with E-state index in [1.165, 1.54) is 5.56 Å². The van der Waals surface area contributed by atoms with Crippen molar-refractivity contribution in [1.29, 1.82) is 0 Å². The molecule has 2 heterocycles. The summed E-state index contributed by atoms with van der Waals surface area (Å²) in [6.07, 6.45) is 9.17. The average Bonchev–Trinajstić information content (AvgIpc) is 2.74. The number of hydrogen-bond acceptors (Lipinski definition) is 3. The molecule has 4 nitrogen and oxygen atoms in total. The van der Waals surface area contributed by atoms with Crippen LogP contribution < -0.4 is 5.73 Å². The highest BCUT2D eigenvalue weighted by Crippen LogP contribution is 2.13. The summed E-state index contributed by atoms with van der Waals surface area (Å²) in [5.41, 5.74) is 7.30. The SMILES string of the molecule is Cn1ccnc1C(N)CCc1cccnc1. The first-order valence-electron chi connectivity index (χ1n) is 5.39. The van der Waals surface area contributed by atoms with E-state index in [1.807, 2.05) is 30.1 Å². The summed E-state index contributed by atoms with van der Waals surface area (Å²) in [6, 6.07) is 4.00. The Labute approximate surface area is 95.1 Å². The zero-order chi connectivity index (χ0) is 11.4. The number of hydrogen-bond donors (Lipinski definition) is 1. The van der Waals surface area contributed by atoms with E-state index in [1.54, 1.807) is 12.4 Å². The fraction of sp³-hybridized carbons (Fsp3) is 0.333. The molecule has 2 N–H and O–H groups in total. The molecule has 2 rings (SSSR count). The minimum absolute atomic E-state index is 0.0137. The van der Waals surface area contributed by atoms with Crippen molar-refractivity contribution in [1.82, 2.24) is 14.5 Å². The first kappa shape index (κ1) is 10.8. The van der Waals surface area contributed by atoms with Crippen molar-refractivity contribution in [3.63, 3.8) is 0 Å². The molecular formula is C12H16N4. The van der Waals surface area contributed by atoms with E-state index in [2.05, 4.69) is 16.0 Å². The zero-order valence-electron chi connectivity index (χ0n) is 9.37. The maximum absolute atomic E-state index is 6.08. The van der Waals surface area contributed by atoms with Gasteiger partial charge >= 0.3 is 0 Å². The maximum Gasteiger partial charge on any atom is 0.125 e. The first-order chi connectivity index (χ1) is 7.77. The number of pyridine rings is 1. The Bertz CT molecular complexity index is 435. The van der Waals surface area contributed by atoms with Gasteiger partial charge in [-0.05, 0) is 24.5 Å². The molecule has 0 aliphatic rings. The Morgan fingerprint density at radius 3 is 2.94 bits per heavy atom. The van der Waals surface area contributed by atoms with Crippen LogP contribution >= 0.6 is 0 Å². The van der Waals surface area contributed by atoms with E-state index in [0.717, 1.165) is 18.7 Å². The number of nitrogens with zero attached hydrogens (tertiary/aromatic N) is 3. The van der Waals surface area contributed by atoms with Crippen molar-refractivity contribution in [2.75, 3.05) is 0 Å². The van der Waals surface area contributed by atoms with Crippen LogP contribution in [0, 0.1) is 0 Å². The first-order valence-corrected chi connectivity index (χ1v) is 5.39. The summed E-state index contributed by atoms with van der Waals surface area (Å²) < 4.78 is 1.97. The Balaban J connectivity index is 1.94. The Kier molecular flexibility index (Phi) is 3.31. The zero-order valence-corrected chi connectivity index (χ0v) is 9.37. The van der Waals surface area contributed by atoms with Gasteiger partial charge in [0, 0.05) is 31.8 Å². The molecule has 2 aromatic heterocycles. The Morgan fingerprint density at radius 2 is 2.31 bits per heavy atom. The Morgan fingerprint density at radius 1 is 1.44 bits per heavy atom. The highest BCUT2D eigenvalue weighted by Gasteiger charge is 2.10. The number of aryl methyl sites for hydroxylation is 2. The molecule has 0 radical (unpaired) electrons. The van der Waals surface area contributed by atoms with Crippen LogP contribution in [0.3, 0.4) is 0 Å². The molecule has 84 valence electrons. The van der Waals surface area contributed by atoms with Gasteiger partial charge in [-0.1, -0.05) is 6.07 Å². The lowest BCUT2D eigenvalue weighted by Gasteiger charge is -2.11. The van der Waals surface area contributed by atoms with Gasteiger partial charge < -0.3 is 10.3 Å². The molecule has 0 aliphatic heterocycles. The van der Waals surface area contributed by atoms with Crippen LogP contribution in [0.15, 0.2) is 36.9 Å². The summed E-state index contributed by atoms with van der Waals surface area (Å²) >= 11 is 0. The van der Waals surface area contributed by atoms with Gasteiger partial charge in [0.05, 0.1) is 6.04 Å². The number of nitrogens with two attached hydrogens (primary N) is 1. The van der Waals surface area contributed by atoms with E-state index < -0.39 is 0 Å². The lowest BCUT2D eigenvalue weighted by molar-refractivity contribution is 0.587. The van der Waals surface area contributed by atoms with Crippen molar-refractivity contribution < 1.29 is 0 Å². The van der Waals surface area contributed by atoms with Gasteiger partial charge in [-0.3, -0.25) is 4.98 Å². The molecule has 0 aromatic carbocycles. The van der Waals surface area contributed by atoms with Crippen LogP contribution in [0.4, 0.5) is 0 Å². The fourth-order valence-electron chi connectivity index (χ4n) is 1.73. The monoisotopic (exact) mass is 216 g/mol. The predicted octanol–water partition coefficient (Wildman–Crippen LogP) is 1.45. The van der Waals surface area contributed by atoms with Crippen molar-refractivity contribution in [3.05, 3.63) is 48.3 Å². The van der Waals surface area contributed by atoms with Crippen molar-refractivity contribution in [2.45, 2.75) is 18.9 Å². The van der Waals surface area contributed by atoms with Gasteiger partial charge in [-0.25, -0.2) is 4.98 Å². The summed E-state index contributed by atoms with van der Waals surface area (Å²) in [5, 5.41) is 0. The molecule has 0 aliphatic carbocycles. The molecular weight excluding hydrogens is 200 g/mol. The van der Waals surface area contributed by atoms with Crippen molar-refractivity contribution in [3.8, 4) is 0 Å². The van der Waals surface area contributed by atoms with Gasteiger partial charge in [-0.15, -0.1) is 0 Å². The third-order valence-corrected chi connectivity index (χ3v) is 2.66. The van der Waals surface area contributed by atoms with Gasteiger partial charge in [0.25, 0.3) is 0 Å². The summed E-state index contributed by atoms with van der Waals surface area (Å²) in [6.45, 7) is 0. The van der Waals surface area contributed by atoms with Crippen LogP contribution in [0.25, 0.3) is 0 Å².